The highest BCUT2D eigenvalue weighted by atomic mass is 16.5. The molecule has 0 aliphatic carbocycles. The van der Waals surface area contributed by atoms with Crippen LogP contribution in [0.1, 0.15) is 0 Å². The van der Waals surface area contributed by atoms with Crippen molar-refractivity contribution in [3.8, 4) is 5.75 Å². The van der Waals surface area contributed by atoms with E-state index in [1.165, 1.54) is 6.08 Å². The molecule has 0 aliphatic rings. The maximum Gasteiger partial charge on any atom is 0.247 e. The lowest BCUT2D eigenvalue weighted by molar-refractivity contribution is -0.111. The lowest BCUT2D eigenvalue weighted by atomic mass is 10.3. The molecular formula is C10H11NO2. The van der Waals surface area contributed by atoms with Gasteiger partial charge in [0.1, 0.15) is 5.75 Å². The van der Waals surface area contributed by atoms with Gasteiger partial charge in [-0.05, 0) is 18.2 Å². The maximum absolute atomic E-state index is 10.9. The molecule has 0 atom stereocenters. The second-order valence-electron chi connectivity index (χ2n) is 2.43. The van der Waals surface area contributed by atoms with E-state index in [9.17, 15) is 4.79 Å². The molecule has 0 fully saturated rings. The van der Waals surface area contributed by atoms with Crippen molar-refractivity contribution < 1.29 is 9.53 Å². The van der Waals surface area contributed by atoms with Crippen LogP contribution in [-0.2, 0) is 4.79 Å². The second-order valence-corrected chi connectivity index (χ2v) is 2.43. The fraction of sp³-hybridized carbons (Fsp3) is 0.100. The number of rotatable bonds is 3. The molecule has 68 valence electrons. The van der Waals surface area contributed by atoms with Crippen molar-refractivity contribution in [3.63, 3.8) is 0 Å². The Balaban J connectivity index is 2.77. The van der Waals surface area contributed by atoms with Crippen LogP contribution >= 0.6 is 0 Å². The van der Waals surface area contributed by atoms with Crippen LogP contribution < -0.4 is 10.1 Å². The van der Waals surface area contributed by atoms with E-state index < -0.39 is 0 Å². The molecule has 1 amide bonds. The number of hydrogen-bond acceptors (Lipinski definition) is 2. The summed E-state index contributed by atoms with van der Waals surface area (Å²) < 4.78 is 4.99. The molecule has 0 heterocycles. The van der Waals surface area contributed by atoms with Crippen molar-refractivity contribution in [1.82, 2.24) is 0 Å². The van der Waals surface area contributed by atoms with Gasteiger partial charge in [0, 0.05) is 11.8 Å². The van der Waals surface area contributed by atoms with Crippen LogP contribution in [0.4, 0.5) is 5.69 Å². The Morgan fingerprint density at radius 3 is 3.00 bits per heavy atom. The summed E-state index contributed by atoms with van der Waals surface area (Å²) >= 11 is 0. The molecule has 1 rings (SSSR count). The van der Waals surface area contributed by atoms with E-state index in [0.717, 1.165) is 0 Å². The van der Waals surface area contributed by atoms with E-state index in [0.29, 0.717) is 11.4 Å². The highest BCUT2D eigenvalue weighted by molar-refractivity contribution is 5.98. The first-order valence-corrected chi connectivity index (χ1v) is 3.83. The number of carbonyl (C=O) groups excluding carboxylic acids is 1. The average Bonchev–Trinajstić information content (AvgIpc) is 2.18. The summed E-state index contributed by atoms with van der Waals surface area (Å²) in [5, 5.41) is 2.63. The van der Waals surface area contributed by atoms with Gasteiger partial charge in [0.15, 0.2) is 0 Å². The number of amides is 1. The Bertz CT molecular complexity index is 320. The molecular weight excluding hydrogens is 166 g/mol. The predicted octanol–water partition coefficient (Wildman–Crippen LogP) is 1.82. The van der Waals surface area contributed by atoms with Gasteiger partial charge in [0.25, 0.3) is 0 Å². The van der Waals surface area contributed by atoms with Crippen molar-refractivity contribution in [3.05, 3.63) is 36.9 Å². The minimum absolute atomic E-state index is 0.228. The minimum atomic E-state index is -0.228. The fourth-order valence-electron chi connectivity index (χ4n) is 0.894. The molecule has 0 unspecified atom stereocenters. The summed E-state index contributed by atoms with van der Waals surface area (Å²) in [5.41, 5.74) is 0.698. The normalized spacial score (nSPS) is 9.00. The van der Waals surface area contributed by atoms with Gasteiger partial charge in [0.2, 0.25) is 5.91 Å². The maximum atomic E-state index is 10.9. The number of nitrogens with one attached hydrogen (secondary N) is 1. The van der Waals surface area contributed by atoms with E-state index in [4.69, 9.17) is 4.74 Å². The van der Waals surface area contributed by atoms with E-state index in [2.05, 4.69) is 11.9 Å². The van der Waals surface area contributed by atoms with Gasteiger partial charge >= 0.3 is 0 Å². The molecule has 3 nitrogen and oxygen atoms in total. The average molecular weight is 177 g/mol. The summed E-state index contributed by atoms with van der Waals surface area (Å²) in [6, 6.07) is 7.13. The van der Waals surface area contributed by atoms with Crippen LogP contribution in [0.25, 0.3) is 0 Å². The highest BCUT2D eigenvalue weighted by Gasteiger charge is 1.97. The third-order valence-electron chi connectivity index (χ3n) is 1.52. The van der Waals surface area contributed by atoms with Gasteiger partial charge in [-0.3, -0.25) is 4.79 Å². The van der Waals surface area contributed by atoms with Crippen molar-refractivity contribution in [2.24, 2.45) is 0 Å². The Kier molecular flexibility index (Phi) is 3.09. The Morgan fingerprint density at radius 2 is 2.38 bits per heavy atom. The van der Waals surface area contributed by atoms with E-state index in [1.54, 1.807) is 25.3 Å². The first-order valence-electron chi connectivity index (χ1n) is 3.83. The molecule has 3 heteroatoms. The minimum Gasteiger partial charge on any atom is -0.497 e. The van der Waals surface area contributed by atoms with Gasteiger partial charge in [-0.1, -0.05) is 12.6 Å². The Hall–Kier alpha value is -1.77. The first kappa shape index (κ1) is 9.32. The van der Waals surface area contributed by atoms with Gasteiger partial charge in [-0.2, -0.15) is 0 Å². The number of hydrogen-bond donors (Lipinski definition) is 1. The summed E-state index contributed by atoms with van der Waals surface area (Å²) in [5.74, 6) is 0.482. The summed E-state index contributed by atoms with van der Waals surface area (Å²) in [7, 11) is 1.58. The molecule has 0 bridgehead atoms. The molecule has 0 radical (unpaired) electrons. The number of anilines is 1. The van der Waals surface area contributed by atoms with Gasteiger partial charge in [-0.25, -0.2) is 0 Å². The molecule has 13 heavy (non-hydrogen) atoms. The Morgan fingerprint density at radius 1 is 1.62 bits per heavy atom. The molecule has 0 aromatic heterocycles. The third-order valence-corrected chi connectivity index (χ3v) is 1.52. The van der Waals surface area contributed by atoms with Crippen LogP contribution in [0, 0.1) is 0 Å². The summed E-state index contributed by atoms with van der Waals surface area (Å²) in [6.07, 6.45) is 1.22. The SMILES string of the molecule is C=CC(=O)Nc1cccc(OC)c1. The van der Waals surface area contributed by atoms with E-state index in [1.807, 2.05) is 6.07 Å². The topological polar surface area (TPSA) is 38.3 Å². The van der Waals surface area contributed by atoms with Crippen LogP contribution in [-0.4, -0.2) is 13.0 Å². The lowest BCUT2D eigenvalue weighted by Gasteiger charge is -2.03. The zero-order valence-electron chi connectivity index (χ0n) is 7.41. The van der Waals surface area contributed by atoms with Crippen molar-refractivity contribution in [2.75, 3.05) is 12.4 Å². The zero-order chi connectivity index (χ0) is 9.68. The number of benzene rings is 1. The third kappa shape index (κ3) is 2.63. The number of ether oxygens (including phenoxy) is 1. The highest BCUT2D eigenvalue weighted by Crippen LogP contribution is 2.16. The zero-order valence-corrected chi connectivity index (χ0v) is 7.41. The van der Waals surface area contributed by atoms with Crippen LogP contribution in [0.5, 0.6) is 5.75 Å². The van der Waals surface area contributed by atoms with Crippen molar-refractivity contribution >= 4 is 11.6 Å². The molecule has 0 aliphatic heterocycles. The van der Waals surface area contributed by atoms with Crippen LogP contribution in [0.3, 0.4) is 0 Å². The van der Waals surface area contributed by atoms with Crippen molar-refractivity contribution in [1.29, 1.82) is 0 Å². The van der Waals surface area contributed by atoms with Crippen LogP contribution in [0.15, 0.2) is 36.9 Å². The number of carbonyl (C=O) groups is 1. The molecule has 1 N–H and O–H groups in total. The molecule has 0 saturated carbocycles. The van der Waals surface area contributed by atoms with Gasteiger partial charge in [0.05, 0.1) is 7.11 Å². The molecule has 0 spiro atoms. The lowest BCUT2D eigenvalue weighted by Crippen LogP contribution is -2.06. The predicted molar refractivity (Wildman–Crippen MR) is 51.8 cm³/mol. The van der Waals surface area contributed by atoms with E-state index in [-0.39, 0.29) is 5.91 Å². The van der Waals surface area contributed by atoms with Gasteiger partial charge < -0.3 is 10.1 Å². The summed E-state index contributed by atoms with van der Waals surface area (Å²) in [4.78, 5) is 10.9. The first-order chi connectivity index (χ1) is 6.26. The Labute approximate surface area is 77.0 Å². The summed E-state index contributed by atoms with van der Waals surface area (Å²) in [6.45, 7) is 3.36. The monoisotopic (exact) mass is 177 g/mol. The molecule has 0 saturated heterocycles. The number of methoxy groups -OCH3 is 1. The standard InChI is InChI=1S/C10H11NO2/c1-3-10(12)11-8-5-4-6-9(7-8)13-2/h3-7H,1H2,2H3,(H,11,12). The van der Waals surface area contributed by atoms with Gasteiger partial charge in [-0.15, -0.1) is 0 Å². The van der Waals surface area contributed by atoms with Crippen molar-refractivity contribution in [2.45, 2.75) is 0 Å². The fourth-order valence-corrected chi connectivity index (χ4v) is 0.894. The smallest absolute Gasteiger partial charge is 0.247 e. The molecule has 1 aromatic rings. The largest absolute Gasteiger partial charge is 0.497 e. The quantitative estimate of drug-likeness (QED) is 0.715. The second kappa shape index (κ2) is 4.30. The van der Waals surface area contributed by atoms with E-state index >= 15 is 0 Å². The molecule has 1 aromatic carbocycles. The van der Waals surface area contributed by atoms with Crippen LogP contribution in [0.2, 0.25) is 0 Å².